The van der Waals surface area contributed by atoms with Gasteiger partial charge in [0.1, 0.15) is 23.4 Å². The third kappa shape index (κ3) is 3.47. The minimum atomic E-state index is -0.781. The van der Waals surface area contributed by atoms with E-state index in [0.717, 1.165) is 16.8 Å². The smallest absolute Gasteiger partial charge is 0.249 e. The molecule has 1 aliphatic heterocycles. The van der Waals surface area contributed by atoms with E-state index in [0.29, 0.717) is 23.0 Å². The van der Waals surface area contributed by atoms with Crippen molar-refractivity contribution in [2.24, 2.45) is 0 Å². The van der Waals surface area contributed by atoms with Crippen LogP contribution in [0.3, 0.4) is 0 Å². The van der Waals surface area contributed by atoms with Crippen LogP contribution in [-0.2, 0) is 9.59 Å². The van der Waals surface area contributed by atoms with E-state index in [1.807, 2.05) is 37.3 Å². The first-order chi connectivity index (χ1) is 14.5. The van der Waals surface area contributed by atoms with Crippen LogP contribution in [-0.4, -0.2) is 35.8 Å². The highest BCUT2D eigenvalue weighted by molar-refractivity contribution is 6.02. The van der Waals surface area contributed by atoms with Gasteiger partial charge >= 0.3 is 0 Å². The summed E-state index contributed by atoms with van der Waals surface area (Å²) in [6, 6.07) is 14.0. The second-order valence-electron chi connectivity index (χ2n) is 6.96. The summed E-state index contributed by atoms with van der Waals surface area (Å²) >= 11 is 0. The number of ether oxygens (including phenoxy) is 2. The Morgan fingerprint density at radius 3 is 2.63 bits per heavy atom. The molecule has 2 amide bonds. The number of hydrogen-bond donors (Lipinski definition) is 2. The number of anilines is 2. The van der Waals surface area contributed by atoms with Gasteiger partial charge in [0, 0.05) is 17.2 Å². The van der Waals surface area contributed by atoms with Crippen LogP contribution in [0.25, 0.3) is 11.3 Å². The number of fused-ring (bicyclic) bond motifs is 1. The molecule has 1 aliphatic rings. The molecule has 0 radical (unpaired) electrons. The Morgan fingerprint density at radius 2 is 1.93 bits per heavy atom. The molecule has 1 aromatic heterocycles. The Kier molecular flexibility index (Phi) is 5.14. The Bertz CT molecular complexity index is 1110. The summed E-state index contributed by atoms with van der Waals surface area (Å²) in [6.45, 7) is 1.88. The zero-order valence-corrected chi connectivity index (χ0v) is 16.9. The predicted molar refractivity (Wildman–Crippen MR) is 113 cm³/mol. The van der Waals surface area contributed by atoms with Crippen molar-refractivity contribution in [3.8, 4) is 22.8 Å². The Balaban J connectivity index is 1.68. The van der Waals surface area contributed by atoms with Crippen molar-refractivity contribution in [3.05, 3.63) is 54.1 Å². The predicted octanol–water partition coefficient (Wildman–Crippen LogP) is 3.40. The van der Waals surface area contributed by atoms with Gasteiger partial charge in [-0.3, -0.25) is 9.59 Å². The highest BCUT2D eigenvalue weighted by Crippen LogP contribution is 2.35. The number of amides is 2. The maximum Gasteiger partial charge on any atom is 0.249 e. The van der Waals surface area contributed by atoms with Gasteiger partial charge in [0.25, 0.3) is 0 Å². The lowest BCUT2D eigenvalue weighted by molar-refractivity contribution is -0.125. The van der Waals surface area contributed by atoms with Gasteiger partial charge in [-0.1, -0.05) is 30.3 Å². The number of nitrogens with one attached hydrogen (secondary N) is 2. The first-order valence-electron chi connectivity index (χ1n) is 9.49. The van der Waals surface area contributed by atoms with E-state index in [4.69, 9.17) is 9.47 Å². The fraction of sp³-hybridized carbons (Fsp3) is 0.227. The van der Waals surface area contributed by atoms with Gasteiger partial charge in [-0.2, -0.15) is 5.10 Å². The molecule has 0 aliphatic carbocycles. The van der Waals surface area contributed by atoms with Crippen LogP contribution in [0, 0.1) is 6.92 Å². The summed E-state index contributed by atoms with van der Waals surface area (Å²) in [5, 5.41) is 10.4. The van der Waals surface area contributed by atoms with Crippen molar-refractivity contribution >= 4 is 23.3 Å². The van der Waals surface area contributed by atoms with Gasteiger partial charge in [0.15, 0.2) is 0 Å². The number of rotatable bonds is 5. The van der Waals surface area contributed by atoms with Crippen molar-refractivity contribution in [3.63, 3.8) is 0 Å². The van der Waals surface area contributed by atoms with E-state index in [9.17, 15) is 9.59 Å². The number of carbonyl (C=O) groups is 2. The van der Waals surface area contributed by atoms with Crippen LogP contribution in [0.5, 0.6) is 11.5 Å². The van der Waals surface area contributed by atoms with Gasteiger partial charge in [0.05, 0.1) is 32.0 Å². The third-order valence-electron chi connectivity index (χ3n) is 5.10. The molecular weight excluding hydrogens is 384 g/mol. The minimum absolute atomic E-state index is 0.00729. The monoisotopic (exact) mass is 406 g/mol. The summed E-state index contributed by atoms with van der Waals surface area (Å²) in [4.78, 5) is 25.4. The molecule has 0 bridgehead atoms. The van der Waals surface area contributed by atoms with E-state index in [1.165, 1.54) is 7.11 Å². The molecule has 30 heavy (non-hydrogen) atoms. The highest BCUT2D eigenvalue weighted by atomic mass is 16.5. The lowest BCUT2D eigenvalue weighted by atomic mass is 10.1. The average Bonchev–Trinajstić information content (AvgIpc) is 3.10. The van der Waals surface area contributed by atoms with Gasteiger partial charge < -0.3 is 20.1 Å². The molecule has 2 N–H and O–H groups in total. The molecule has 154 valence electrons. The first kappa shape index (κ1) is 19.5. The molecule has 3 aromatic rings. The van der Waals surface area contributed by atoms with E-state index < -0.39 is 6.04 Å². The molecule has 0 unspecified atom stereocenters. The quantitative estimate of drug-likeness (QED) is 0.677. The lowest BCUT2D eigenvalue weighted by Crippen LogP contribution is -2.36. The molecule has 0 spiro atoms. The van der Waals surface area contributed by atoms with Crippen molar-refractivity contribution < 1.29 is 19.1 Å². The van der Waals surface area contributed by atoms with Crippen LogP contribution in [0.15, 0.2) is 48.5 Å². The Morgan fingerprint density at radius 1 is 1.17 bits per heavy atom. The summed E-state index contributed by atoms with van der Waals surface area (Å²) in [6.07, 6.45) is -0.00729. The van der Waals surface area contributed by atoms with Crippen LogP contribution in [0.4, 0.5) is 11.5 Å². The Hall–Kier alpha value is -3.81. The van der Waals surface area contributed by atoms with Gasteiger partial charge in [-0.25, -0.2) is 4.68 Å². The molecule has 2 heterocycles. The molecule has 0 fully saturated rings. The summed E-state index contributed by atoms with van der Waals surface area (Å²) in [5.41, 5.74) is 2.95. The standard InChI is InChI=1S/C22H22N4O4/c1-13-20(14-7-5-4-6-8-14)25-26-17(12-19(27)24-21(13)26)22(28)23-16-10-9-15(29-2)11-18(16)30-3/h4-11,17H,12H2,1-3H3,(H,23,28)(H,24,27)/t17-/m1/s1. The SMILES string of the molecule is COc1ccc(NC(=O)[C@H]2CC(=O)Nc3c(C)c(-c4ccccc4)nn32)c(OC)c1. The fourth-order valence-corrected chi connectivity index (χ4v) is 3.53. The molecule has 1 atom stereocenters. The lowest BCUT2D eigenvalue weighted by Gasteiger charge is -2.24. The van der Waals surface area contributed by atoms with Gasteiger partial charge in [-0.15, -0.1) is 0 Å². The van der Waals surface area contributed by atoms with E-state index in [2.05, 4.69) is 15.7 Å². The van der Waals surface area contributed by atoms with Crippen LogP contribution in [0.2, 0.25) is 0 Å². The zero-order valence-electron chi connectivity index (χ0n) is 16.9. The Labute approximate surface area is 173 Å². The summed E-state index contributed by atoms with van der Waals surface area (Å²) in [7, 11) is 3.07. The van der Waals surface area contributed by atoms with Crippen LogP contribution >= 0.6 is 0 Å². The van der Waals surface area contributed by atoms with Gasteiger partial charge in [0.2, 0.25) is 11.8 Å². The molecule has 4 rings (SSSR count). The molecule has 0 saturated heterocycles. The number of hydrogen-bond acceptors (Lipinski definition) is 5. The van der Waals surface area contributed by atoms with Crippen molar-refractivity contribution in [2.45, 2.75) is 19.4 Å². The fourth-order valence-electron chi connectivity index (χ4n) is 3.53. The minimum Gasteiger partial charge on any atom is -0.497 e. The van der Waals surface area contributed by atoms with Crippen LogP contribution < -0.4 is 20.1 Å². The normalized spacial score (nSPS) is 15.2. The molecule has 8 heteroatoms. The highest BCUT2D eigenvalue weighted by Gasteiger charge is 2.34. The topological polar surface area (TPSA) is 94.5 Å². The zero-order chi connectivity index (χ0) is 21.3. The molecule has 0 saturated carbocycles. The first-order valence-corrected chi connectivity index (χ1v) is 9.49. The number of nitrogens with zero attached hydrogens (tertiary/aromatic N) is 2. The summed E-state index contributed by atoms with van der Waals surface area (Å²) < 4.78 is 12.1. The maximum absolute atomic E-state index is 13.1. The van der Waals surface area contributed by atoms with E-state index in [-0.39, 0.29) is 18.2 Å². The van der Waals surface area contributed by atoms with Crippen molar-refractivity contribution in [2.75, 3.05) is 24.9 Å². The number of methoxy groups -OCH3 is 2. The molecular formula is C22H22N4O4. The molecule has 8 nitrogen and oxygen atoms in total. The number of carbonyl (C=O) groups excluding carboxylic acids is 2. The van der Waals surface area contributed by atoms with E-state index in [1.54, 1.807) is 30.0 Å². The van der Waals surface area contributed by atoms with Crippen molar-refractivity contribution in [1.29, 1.82) is 0 Å². The van der Waals surface area contributed by atoms with Gasteiger partial charge in [-0.05, 0) is 19.1 Å². The summed E-state index contributed by atoms with van der Waals surface area (Å²) in [5.74, 6) is 1.03. The average molecular weight is 406 g/mol. The largest absolute Gasteiger partial charge is 0.497 e. The van der Waals surface area contributed by atoms with Crippen molar-refractivity contribution in [1.82, 2.24) is 9.78 Å². The second-order valence-corrected chi connectivity index (χ2v) is 6.96. The van der Waals surface area contributed by atoms with E-state index >= 15 is 0 Å². The maximum atomic E-state index is 13.1. The van der Waals surface area contributed by atoms with Crippen LogP contribution in [0.1, 0.15) is 18.0 Å². The molecule has 2 aromatic carbocycles. The second kappa shape index (κ2) is 7.90. The number of benzene rings is 2. The third-order valence-corrected chi connectivity index (χ3v) is 5.10. The number of aromatic nitrogens is 2.